The van der Waals surface area contributed by atoms with Crippen LogP contribution in [0.25, 0.3) is 0 Å². The molecule has 0 unspecified atom stereocenters. The summed E-state index contributed by atoms with van der Waals surface area (Å²) in [6, 6.07) is 6.96. The van der Waals surface area contributed by atoms with Gasteiger partial charge in [0.05, 0.1) is 5.69 Å². The van der Waals surface area contributed by atoms with Crippen molar-refractivity contribution >= 4 is 17.5 Å². The lowest BCUT2D eigenvalue weighted by Crippen LogP contribution is -2.21. The molecule has 2 rings (SSSR count). The summed E-state index contributed by atoms with van der Waals surface area (Å²) in [5.74, 6) is 0.458. The number of unbranched alkanes of at least 4 members (excludes halogenated alkanes) is 3. The number of carbonyl (C=O) groups excluding carboxylic acids is 1. The topological polar surface area (TPSA) is 44.1 Å². The molecule has 0 spiro atoms. The summed E-state index contributed by atoms with van der Waals surface area (Å²) >= 11 is 5.84. The van der Waals surface area contributed by atoms with Gasteiger partial charge in [-0.05, 0) is 56.5 Å². The van der Waals surface area contributed by atoms with E-state index in [1.54, 1.807) is 24.3 Å². The van der Waals surface area contributed by atoms with Gasteiger partial charge < -0.3 is 4.74 Å². The van der Waals surface area contributed by atoms with Crippen molar-refractivity contribution in [1.82, 2.24) is 9.78 Å². The molecule has 0 saturated carbocycles. The van der Waals surface area contributed by atoms with E-state index in [2.05, 4.69) is 12.0 Å². The number of rotatable bonds is 8. The van der Waals surface area contributed by atoms with Gasteiger partial charge in [0.1, 0.15) is 5.75 Å². The molecule has 0 saturated heterocycles. The summed E-state index contributed by atoms with van der Waals surface area (Å²) in [5.41, 5.74) is 3.04. The fourth-order valence-electron chi connectivity index (χ4n) is 2.75. The first kappa shape index (κ1) is 18.5. The third-order valence-electron chi connectivity index (χ3n) is 4.13. The fourth-order valence-corrected chi connectivity index (χ4v) is 2.87. The van der Waals surface area contributed by atoms with E-state index in [0.29, 0.717) is 10.8 Å². The molecule has 5 heteroatoms. The van der Waals surface area contributed by atoms with E-state index in [4.69, 9.17) is 16.3 Å². The van der Waals surface area contributed by atoms with Crippen LogP contribution in [0, 0.1) is 13.8 Å². The molecule has 0 aliphatic heterocycles. The summed E-state index contributed by atoms with van der Waals surface area (Å²) in [4.78, 5) is 12.4. The Labute approximate surface area is 148 Å². The zero-order valence-corrected chi connectivity index (χ0v) is 15.4. The molecule has 0 atom stereocenters. The molecule has 1 aromatic heterocycles. The zero-order valence-electron chi connectivity index (χ0n) is 14.6. The monoisotopic (exact) mass is 348 g/mol. The molecule has 24 heavy (non-hydrogen) atoms. The summed E-state index contributed by atoms with van der Waals surface area (Å²) in [7, 11) is 0. The summed E-state index contributed by atoms with van der Waals surface area (Å²) in [6.45, 7) is 6.08. The van der Waals surface area contributed by atoms with Crippen LogP contribution < -0.4 is 4.74 Å². The number of halogens is 1. The average molecular weight is 349 g/mol. The van der Waals surface area contributed by atoms with E-state index in [-0.39, 0.29) is 12.5 Å². The Kier molecular flexibility index (Phi) is 6.85. The van der Waals surface area contributed by atoms with Crippen LogP contribution in [0.3, 0.4) is 0 Å². The number of benzene rings is 1. The van der Waals surface area contributed by atoms with Crippen molar-refractivity contribution < 1.29 is 9.53 Å². The Morgan fingerprint density at radius 1 is 1.17 bits per heavy atom. The number of carbonyl (C=O) groups is 1. The lowest BCUT2D eigenvalue weighted by atomic mass is 10.0. The Bertz CT molecular complexity index is 677. The number of aromatic nitrogens is 2. The molecule has 130 valence electrons. The quantitative estimate of drug-likeness (QED) is 0.631. The first-order valence-electron chi connectivity index (χ1n) is 8.49. The maximum absolute atomic E-state index is 12.4. The Balaban J connectivity index is 1.97. The minimum absolute atomic E-state index is 0.0428. The molecule has 4 nitrogen and oxygen atoms in total. The van der Waals surface area contributed by atoms with E-state index < -0.39 is 0 Å². The molecule has 0 aliphatic rings. The van der Waals surface area contributed by atoms with Crippen molar-refractivity contribution in [3.8, 4) is 5.75 Å². The predicted molar refractivity (Wildman–Crippen MR) is 97.1 cm³/mol. The van der Waals surface area contributed by atoms with Gasteiger partial charge in [0.2, 0.25) is 0 Å². The number of ether oxygens (including phenoxy) is 1. The van der Waals surface area contributed by atoms with Crippen LogP contribution in [0.1, 0.15) is 54.4 Å². The van der Waals surface area contributed by atoms with E-state index in [1.807, 2.05) is 13.8 Å². The standard InChI is InChI=1S/C19H25ClN2O2/c1-4-5-6-7-8-18-14(2)21-22(15(18)3)19(23)13-24-17-11-9-16(20)10-12-17/h9-12H,4-8,13H2,1-3H3. The van der Waals surface area contributed by atoms with Crippen LogP contribution in [-0.4, -0.2) is 22.3 Å². The molecule has 0 amide bonds. The van der Waals surface area contributed by atoms with Crippen LogP contribution in [0.15, 0.2) is 24.3 Å². The van der Waals surface area contributed by atoms with E-state index in [1.165, 1.54) is 29.5 Å². The van der Waals surface area contributed by atoms with Gasteiger partial charge >= 0.3 is 0 Å². The largest absolute Gasteiger partial charge is 0.484 e. The second-order valence-electron chi connectivity index (χ2n) is 6.01. The molecule has 0 bridgehead atoms. The van der Waals surface area contributed by atoms with Gasteiger partial charge in [-0.25, -0.2) is 4.68 Å². The van der Waals surface area contributed by atoms with Crippen LogP contribution in [0.4, 0.5) is 0 Å². The average Bonchev–Trinajstić information content (AvgIpc) is 2.86. The third-order valence-corrected chi connectivity index (χ3v) is 4.39. The number of hydrogen-bond acceptors (Lipinski definition) is 3. The minimum atomic E-state index is -0.162. The summed E-state index contributed by atoms with van der Waals surface area (Å²) in [6.07, 6.45) is 5.80. The molecule has 1 aromatic carbocycles. The summed E-state index contributed by atoms with van der Waals surface area (Å²) < 4.78 is 7.00. The third kappa shape index (κ3) is 4.84. The van der Waals surface area contributed by atoms with Crippen LogP contribution in [0.2, 0.25) is 5.02 Å². The van der Waals surface area contributed by atoms with Crippen molar-refractivity contribution in [3.63, 3.8) is 0 Å². The first-order valence-corrected chi connectivity index (χ1v) is 8.87. The van der Waals surface area contributed by atoms with Gasteiger partial charge in [0.25, 0.3) is 5.91 Å². The Hall–Kier alpha value is -1.81. The van der Waals surface area contributed by atoms with E-state index in [0.717, 1.165) is 24.2 Å². The highest BCUT2D eigenvalue weighted by Crippen LogP contribution is 2.18. The molecule has 0 fully saturated rings. The minimum Gasteiger partial charge on any atom is -0.484 e. The number of aryl methyl sites for hydroxylation is 1. The second kappa shape index (κ2) is 8.88. The molecular formula is C19H25ClN2O2. The maximum Gasteiger partial charge on any atom is 0.284 e. The molecule has 0 N–H and O–H groups in total. The van der Waals surface area contributed by atoms with E-state index in [9.17, 15) is 4.79 Å². The van der Waals surface area contributed by atoms with Crippen molar-refractivity contribution in [3.05, 3.63) is 46.2 Å². The van der Waals surface area contributed by atoms with Crippen LogP contribution in [0.5, 0.6) is 5.75 Å². The van der Waals surface area contributed by atoms with Gasteiger partial charge in [-0.1, -0.05) is 37.8 Å². The fraction of sp³-hybridized carbons (Fsp3) is 0.474. The molecule has 0 aliphatic carbocycles. The second-order valence-corrected chi connectivity index (χ2v) is 6.44. The molecule has 0 radical (unpaired) electrons. The SMILES string of the molecule is CCCCCCc1c(C)nn(C(=O)COc2ccc(Cl)cc2)c1C. The number of hydrogen-bond donors (Lipinski definition) is 0. The predicted octanol–water partition coefficient (Wildman–Crippen LogP) is 5.00. The highest BCUT2D eigenvalue weighted by molar-refractivity contribution is 6.30. The van der Waals surface area contributed by atoms with Crippen molar-refractivity contribution in [1.29, 1.82) is 0 Å². The molecular weight excluding hydrogens is 324 g/mol. The highest BCUT2D eigenvalue weighted by Gasteiger charge is 2.16. The van der Waals surface area contributed by atoms with Gasteiger partial charge in [0, 0.05) is 10.7 Å². The van der Waals surface area contributed by atoms with Crippen molar-refractivity contribution in [2.24, 2.45) is 0 Å². The Morgan fingerprint density at radius 2 is 1.88 bits per heavy atom. The molecule has 1 heterocycles. The van der Waals surface area contributed by atoms with Crippen molar-refractivity contribution in [2.45, 2.75) is 52.9 Å². The lowest BCUT2D eigenvalue weighted by Gasteiger charge is -2.07. The highest BCUT2D eigenvalue weighted by atomic mass is 35.5. The van der Waals surface area contributed by atoms with Crippen molar-refractivity contribution in [2.75, 3.05) is 6.61 Å². The zero-order chi connectivity index (χ0) is 17.5. The smallest absolute Gasteiger partial charge is 0.284 e. The van der Waals surface area contributed by atoms with Gasteiger partial charge in [-0.15, -0.1) is 0 Å². The Morgan fingerprint density at radius 3 is 2.54 bits per heavy atom. The lowest BCUT2D eigenvalue weighted by molar-refractivity contribution is 0.0818. The maximum atomic E-state index is 12.4. The van der Waals surface area contributed by atoms with Gasteiger partial charge in [-0.3, -0.25) is 4.79 Å². The summed E-state index contributed by atoms with van der Waals surface area (Å²) in [5, 5.41) is 5.04. The number of nitrogens with zero attached hydrogens (tertiary/aromatic N) is 2. The van der Waals surface area contributed by atoms with Crippen LogP contribution in [-0.2, 0) is 6.42 Å². The van der Waals surface area contributed by atoms with Gasteiger partial charge in [-0.2, -0.15) is 5.10 Å². The van der Waals surface area contributed by atoms with Crippen LogP contribution >= 0.6 is 11.6 Å². The first-order chi connectivity index (χ1) is 11.5. The van der Waals surface area contributed by atoms with E-state index >= 15 is 0 Å². The normalized spacial score (nSPS) is 10.8. The molecule has 2 aromatic rings. The van der Waals surface area contributed by atoms with Gasteiger partial charge in [0.15, 0.2) is 6.61 Å².